The number of carbonyl (C=O) groups is 2. The molecule has 0 bridgehead atoms. The Morgan fingerprint density at radius 2 is 1.95 bits per heavy atom. The largest absolute Gasteiger partial charge is 0.391 e. The second-order valence-corrected chi connectivity index (χ2v) is 12.8. The van der Waals surface area contributed by atoms with Crippen molar-refractivity contribution in [1.82, 2.24) is 30.1 Å². The van der Waals surface area contributed by atoms with Gasteiger partial charge in [0.05, 0.1) is 11.8 Å². The number of nitrogens with zero attached hydrogens (tertiary/aromatic N) is 5. The highest BCUT2D eigenvalue weighted by atomic mass is 16.3. The number of aliphatic hydroxyl groups excluding tert-OH is 1. The number of rotatable bonds is 8. The van der Waals surface area contributed by atoms with Crippen LogP contribution in [0.2, 0.25) is 0 Å². The molecule has 5 rings (SSSR count). The lowest BCUT2D eigenvalue weighted by molar-refractivity contribution is -0.144. The predicted octanol–water partition coefficient (Wildman–Crippen LogP) is 2.88. The molecule has 2 amide bonds. The molecule has 9 heteroatoms. The molecule has 0 spiro atoms. The van der Waals surface area contributed by atoms with E-state index in [1.165, 1.54) is 5.56 Å². The number of β-amino-alcohol motifs (C(OH)–C–C–N with tert-alkyl or cyclic N) is 1. The Kier molecular flexibility index (Phi) is 7.35. The summed E-state index contributed by atoms with van der Waals surface area (Å²) in [7, 11) is 0. The maximum Gasteiger partial charge on any atom is 0.248 e. The maximum atomic E-state index is 14.0. The standard InChI is InChI=1S/C29H42N6O3/c1-28(2,3)25(35-18-23(31-32-35)21-11-12-21)27(38)34-17-22(36)15-24(34)26(37)30-19-29(4)13-8-14-33(29)16-20-9-6-5-7-10-20/h5-7,9-10,18,21-22,24-25,36H,8,11-17,19H2,1-4H3,(H,30,37)/t22-,24+,25-,29?/m1/s1. The number of aliphatic hydroxyl groups is 1. The van der Waals surface area contributed by atoms with Gasteiger partial charge >= 0.3 is 0 Å². The van der Waals surface area contributed by atoms with Crippen LogP contribution >= 0.6 is 0 Å². The molecule has 2 aliphatic heterocycles. The SMILES string of the molecule is CC(C)(C)[C@@H](C(=O)N1C[C@H](O)C[C@H]1C(=O)NCC1(C)CCCN1Cc1ccccc1)n1cc(C2CC2)nn1. The highest BCUT2D eigenvalue weighted by Crippen LogP contribution is 2.40. The van der Waals surface area contributed by atoms with Gasteiger partial charge in [0.15, 0.2) is 0 Å². The first kappa shape index (κ1) is 26.8. The molecule has 1 aliphatic carbocycles. The van der Waals surface area contributed by atoms with E-state index in [1.807, 2.05) is 33.0 Å². The van der Waals surface area contributed by atoms with Crippen LogP contribution in [0.1, 0.15) is 83.0 Å². The highest BCUT2D eigenvalue weighted by molar-refractivity contribution is 5.90. The molecule has 3 heterocycles. The summed E-state index contributed by atoms with van der Waals surface area (Å²) in [5, 5.41) is 22.3. The minimum absolute atomic E-state index is 0.144. The minimum atomic E-state index is -0.732. The van der Waals surface area contributed by atoms with Gasteiger partial charge in [-0.3, -0.25) is 14.5 Å². The number of likely N-dealkylation sites (tertiary alicyclic amines) is 2. The lowest BCUT2D eigenvalue weighted by atomic mass is 9.85. The van der Waals surface area contributed by atoms with Crippen LogP contribution in [0.25, 0.3) is 0 Å². The van der Waals surface area contributed by atoms with Crippen molar-refractivity contribution < 1.29 is 14.7 Å². The van der Waals surface area contributed by atoms with Gasteiger partial charge in [-0.15, -0.1) is 5.10 Å². The molecular formula is C29H42N6O3. The van der Waals surface area contributed by atoms with Gasteiger partial charge in [0.2, 0.25) is 11.8 Å². The fourth-order valence-electron chi connectivity index (χ4n) is 6.07. The fourth-order valence-corrected chi connectivity index (χ4v) is 6.07. The first-order chi connectivity index (χ1) is 18.0. The summed E-state index contributed by atoms with van der Waals surface area (Å²) in [6.07, 6.45) is 5.69. The van der Waals surface area contributed by atoms with Crippen molar-refractivity contribution >= 4 is 11.8 Å². The molecule has 1 unspecified atom stereocenters. The van der Waals surface area contributed by atoms with Crippen molar-refractivity contribution in [3.8, 4) is 0 Å². The summed E-state index contributed by atoms with van der Waals surface area (Å²) in [5.74, 6) is 0.0387. The highest BCUT2D eigenvalue weighted by Gasteiger charge is 2.46. The van der Waals surface area contributed by atoms with E-state index < -0.39 is 23.6 Å². The lowest BCUT2D eigenvalue weighted by Gasteiger charge is -2.37. The van der Waals surface area contributed by atoms with Gasteiger partial charge in [-0.05, 0) is 50.1 Å². The first-order valence-corrected chi connectivity index (χ1v) is 14.0. The molecule has 1 aromatic carbocycles. The van der Waals surface area contributed by atoms with E-state index in [0.717, 1.165) is 44.5 Å². The van der Waals surface area contributed by atoms with Crippen molar-refractivity contribution in [2.24, 2.45) is 5.41 Å². The zero-order valence-electron chi connectivity index (χ0n) is 23.1. The van der Waals surface area contributed by atoms with Gasteiger partial charge < -0.3 is 15.3 Å². The van der Waals surface area contributed by atoms with Crippen LogP contribution in [0.15, 0.2) is 36.5 Å². The molecule has 38 heavy (non-hydrogen) atoms. The van der Waals surface area contributed by atoms with E-state index in [2.05, 4.69) is 51.7 Å². The molecule has 4 atom stereocenters. The second kappa shape index (κ2) is 10.4. The Balaban J connectivity index is 1.28. The molecular weight excluding hydrogens is 480 g/mol. The quantitative estimate of drug-likeness (QED) is 0.553. The molecule has 1 aromatic heterocycles. The third-order valence-corrected chi connectivity index (χ3v) is 8.47. The number of aromatic nitrogens is 3. The molecule has 3 fully saturated rings. The van der Waals surface area contributed by atoms with Gasteiger partial charge in [-0.2, -0.15) is 0 Å². The molecule has 9 nitrogen and oxygen atoms in total. The van der Waals surface area contributed by atoms with Crippen molar-refractivity contribution in [3.63, 3.8) is 0 Å². The van der Waals surface area contributed by atoms with Crippen LogP contribution in [-0.2, 0) is 16.1 Å². The molecule has 206 valence electrons. The first-order valence-electron chi connectivity index (χ1n) is 14.0. The molecule has 0 radical (unpaired) electrons. The number of hydrogen-bond acceptors (Lipinski definition) is 6. The summed E-state index contributed by atoms with van der Waals surface area (Å²) < 4.78 is 1.66. The molecule has 2 aromatic rings. The fraction of sp³-hybridized carbons (Fsp3) is 0.655. The van der Waals surface area contributed by atoms with Crippen molar-refractivity contribution in [2.75, 3.05) is 19.6 Å². The third-order valence-electron chi connectivity index (χ3n) is 8.47. The van der Waals surface area contributed by atoms with Gasteiger partial charge in [0, 0.05) is 43.7 Å². The van der Waals surface area contributed by atoms with Crippen LogP contribution in [0.3, 0.4) is 0 Å². The van der Waals surface area contributed by atoms with Crippen LogP contribution in [0.4, 0.5) is 0 Å². The van der Waals surface area contributed by atoms with Crippen LogP contribution in [0, 0.1) is 5.41 Å². The van der Waals surface area contributed by atoms with Crippen LogP contribution in [-0.4, -0.2) is 79.0 Å². The molecule has 2 saturated heterocycles. The van der Waals surface area contributed by atoms with Gasteiger partial charge in [0.1, 0.15) is 12.1 Å². The zero-order valence-corrected chi connectivity index (χ0v) is 23.1. The average Bonchev–Trinajstić information content (AvgIpc) is 3.30. The summed E-state index contributed by atoms with van der Waals surface area (Å²) in [6.45, 7) is 10.7. The monoisotopic (exact) mass is 522 g/mol. The summed E-state index contributed by atoms with van der Waals surface area (Å²) in [4.78, 5) is 31.5. The van der Waals surface area contributed by atoms with E-state index in [1.54, 1.807) is 9.58 Å². The van der Waals surface area contributed by atoms with Gasteiger partial charge in [-0.1, -0.05) is 56.3 Å². The number of hydrogen-bond donors (Lipinski definition) is 2. The Morgan fingerprint density at radius 3 is 2.63 bits per heavy atom. The molecule has 1 saturated carbocycles. The Bertz CT molecular complexity index is 1140. The van der Waals surface area contributed by atoms with E-state index in [4.69, 9.17) is 0 Å². The average molecular weight is 523 g/mol. The normalized spacial score (nSPS) is 27.0. The lowest BCUT2D eigenvalue weighted by Crippen LogP contribution is -2.54. The van der Waals surface area contributed by atoms with Crippen molar-refractivity contribution in [1.29, 1.82) is 0 Å². The Hall–Kier alpha value is -2.78. The van der Waals surface area contributed by atoms with E-state index >= 15 is 0 Å². The van der Waals surface area contributed by atoms with E-state index in [0.29, 0.717) is 12.5 Å². The third kappa shape index (κ3) is 5.64. The van der Waals surface area contributed by atoms with Crippen LogP contribution in [0.5, 0.6) is 0 Å². The maximum absolute atomic E-state index is 14.0. The number of benzene rings is 1. The van der Waals surface area contributed by atoms with E-state index in [9.17, 15) is 14.7 Å². The topological polar surface area (TPSA) is 104 Å². The van der Waals surface area contributed by atoms with Crippen molar-refractivity contribution in [2.45, 2.75) is 96.0 Å². The molecule has 3 aliphatic rings. The van der Waals surface area contributed by atoms with E-state index in [-0.39, 0.29) is 30.3 Å². The zero-order chi connectivity index (χ0) is 27.1. The molecule has 2 N–H and O–H groups in total. The minimum Gasteiger partial charge on any atom is -0.391 e. The van der Waals surface area contributed by atoms with Crippen LogP contribution < -0.4 is 5.32 Å². The summed E-state index contributed by atoms with van der Waals surface area (Å²) in [5.41, 5.74) is 1.57. The van der Waals surface area contributed by atoms with Gasteiger partial charge in [0.25, 0.3) is 0 Å². The predicted molar refractivity (Wildman–Crippen MR) is 144 cm³/mol. The Labute approximate surface area is 225 Å². The van der Waals surface area contributed by atoms with Gasteiger partial charge in [-0.25, -0.2) is 4.68 Å². The Morgan fingerprint density at radius 1 is 1.21 bits per heavy atom. The number of nitrogens with one attached hydrogen (secondary N) is 1. The summed E-state index contributed by atoms with van der Waals surface area (Å²) in [6, 6.07) is 9.08. The number of amides is 2. The van der Waals surface area contributed by atoms with Crippen molar-refractivity contribution in [3.05, 3.63) is 47.8 Å². The summed E-state index contributed by atoms with van der Waals surface area (Å²) >= 11 is 0. The number of carbonyl (C=O) groups excluding carboxylic acids is 2. The smallest absolute Gasteiger partial charge is 0.248 e. The second-order valence-electron chi connectivity index (χ2n) is 12.8.